The van der Waals surface area contributed by atoms with Crippen LogP contribution in [0.4, 0.5) is 21.9 Å². The quantitative estimate of drug-likeness (QED) is 0.615. The van der Waals surface area contributed by atoms with E-state index >= 15 is 0 Å². The van der Waals surface area contributed by atoms with Gasteiger partial charge in [0, 0.05) is 18.3 Å². The van der Waals surface area contributed by atoms with Crippen LogP contribution in [0.1, 0.15) is 18.1 Å². The van der Waals surface area contributed by atoms with Crippen LogP contribution in [0.2, 0.25) is 0 Å². The van der Waals surface area contributed by atoms with Crippen molar-refractivity contribution in [2.24, 2.45) is 0 Å². The van der Waals surface area contributed by atoms with Crippen LogP contribution in [0.15, 0.2) is 42.5 Å². The zero-order valence-electron chi connectivity index (χ0n) is 13.5. The number of hydrogen-bond donors (Lipinski definition) is 2. The first kappa shape index (κ1) is 17.3. The molecule has 2 rings (SSSR count). The fourth-order valence-corrected chi connectivity index (χ4v) is 2.10. The van der Waals surface area contributed by atoms with Crippen molar-refractivity contribution in [3.63, 3.8) is 0 Å². The molecule has 0 aliphatic carbocycles. The molecule has 2 aromatic carbocycles. The summed E-state index contributed by atoms with van der Waals surface area (Å²) in [7, 11) is 0. The van der Waals surface area contributed by atoms with Crippen molar-refractivity contribution in [2.75, 3.05) is 17.2 Å². The van der Waals surface area contributed by atoms with Crippen LogP contribution in [0.5, 0.6) is 0 Å². The van der Waals surface area contributed by atoms with Gasteiger partial charge in [0.05, 0.1) is 11.5 Å². The van der Waals surface area contributed by atoms with Gasteiger partial charge in [-0.05, 0) is 37.6 Å². The first-order valence-electron chi connectivity index (χ1n) is 7.51. The van der Waals surface area contributed by atoms with Gasteiger partial charge in [-0.1, -0.05) is 23.8 Å². The van der Waals surface area contributed by atoms with E-state index in [-0.39, 0.29) is 18.0 Å². The highest BCUT2D eigenvalue weighted by atomic mass is 16.6. The Labute approximate surface area is 139 Å². The average molecular weight is 329 g/mol. The number of benzene rings is 2. The van der Waals surface area contributed by atoms with Crippen molar-refractivity contribution in [2.45, 2.75) is 20.4 Å². The van der Waals surface area contributed by atoms with Crippen LogP contribution < -0.4 is 10.6 Å². The van der Waals surface area contributed by atoms with Gasteiger partial charge in [0.2, 0.25) is 0 Å². The standard InChI is InChI=1S/C17H19N3O4/c1-3-24-17(21)19-15-9-6-13(10-16(15)20(22)23)11-18-14-7-4-12(2)5-8-14/h4-10,18H,3,11H2,1-2H3,(H,19,21). The van der Waals surface area contributed by atoms with E-state index in [9.17, 15) is 14.9 Å². The third-order valence-corrected chi connectivity index (χ3v) is 3.32. The minimum Gasteiger partial charge on any atom is -0.450 e. The number of hydrogen-bond acceptors (Lipinski definition) is 5. The summed E-state index contributed by atoms with van der Waals surface area (Å²) in [6.07, 6.45) is -0.717. The number of carbonyl (C=O) groups excluding carboxylic acids is 1. The zero-order chi connectivity index (χ0) is 17.5. The molecule has 0 saturated carbocycles. The molecule has 0 unspecified atom stereocenters. The van der Waals surface area contributed by atoms with Gasteiger partial charge in [-0.3, -0.25) is 15.4 Å². The molecule has 0 fully saturated rings. The summed E-state index contributed by atoms with van der Waals surface area (Å²) in [6, 6.07) is 12.5. The van der Waals surface area contributed by atoms with E-state index in [2.05, 4.69) is 10.6 Å². The molecule has 24 heavy (non-hydrogen) atoms. The molecular weight excluding hydrogens is 310 g/mol. The van der Waals surface area contributed by atoms with Crippen LogP contribution in [0.3, 0.4) is 0 Å². The lowest BCUT2D eigenvalue weighted by Crippen LogP contribution is -2.14. The molecule has 0 saturated heterocycles. The fraction of sp³-hybridized carbons (Fsp3) is 0.235. The van der Waals surface area contributed by atoms with E-state index in [1.165, 1.54) is 12.1 Å². The van der Waals surface area contributed by atoms with Gasteiger partial charge < -0.3 is 10.1 Å². The van der Waals surface area contributed by atoms with Crippen LogP contribution in [0, 0.1) is 17.0 Å². The van der Waals surface area contributed by atoms with E-state index in [0.29, 0.717) is 6.54 Å². The molecule has 0 heterocycles. The first-order chi connectivity index (χ1) is 11.5. The van der Waals surface area contributed by atoms with Crippen molar-refractivity contribution in [3.05, 3.63) is 63.7 Å². The van der Waals surface area contributed by atoms with Gasteiger partial charge in [0.15, 0.2) is 0 Å². The summed E-state index contributed by atoms with van der Waals surface area (Å²) in [5.41, 5.74) is 2.75. The molecule has 0 bridgehead atoms. The van der Waals surface area contributed by atoms with E-state index in [0.717, 1.165) is 16.8 Å². The number of nitrogens with one attached hydrogen (secondary N) is 2. The minimum absolute atomic E-state index is 0.109. The molecule has 7 heteroatoms. The molecule has 126 valence electrons. The molecule has 0 aliphatic rings. The molecular formula is C17H19N3O4. The molecule has 0 atom stereocenters. The number of carbonyl (C=O) groups is 1. The Hall–Kier alpha value is -3.09. The summed E-state index contributed by atoms with van der Waals surface area (Å²) >= 11 is 0. The first-order valence-corrected chi connectivity index (χ1v) is 7.51. The van der Waals surface area contributed by atoms with Crippen LogP contribution in [-0.2, 0) is 11.3 Å². The smallest absolute Gasteiger partial charge is 0.411 e. The minimum atomic E-state index is -0.717. The third-order valence-electron chi connectivity index (χ3n) is 3.32. The zero-order valence-corrected chi connectivity index (χ0v) is 13.5. The molecule has 0 aromatic heterocycles. The van der Waals surface area contributed by atoms with Gasteiger partial charge in [0.1, 0.15) is 5.69 Å². The summed E-state index contributed by atoms with van der Waals surface area (Å²) in [4.78, 5) is 22.1. The highest BCUT2D eigenvalue weighted by Gasteiger charge is 2.17. The Kier molecular flexibility index (Phi) is 5.73. The van der Waals surface area contributed by atoms with Crippen molar-refractivity contribution in [1.82, 2.24) is 0 Å². The van der Waals surface area contributed by atoms with Gasteiger partial charge in [-0.2, -0.15) is 0 Å². The van der Waals surface area contributed by atoms with E-state index in [1.54, 1.807) is 13.0 Å². The number of ether oxygens (including phenoxy) is 1. The molecule has 0 spiro atoms. The maximum atomic E-state index is 11.4. The number of anilines is 2. The Morgan fingerprint density at radius 3 is 2.54 bits per heavy atom. The summed E-state index contributed by atoms with van der Waals surface area (Å²) in [5, 5.41) is 16.8. The largest absolute Gasteiger partial charge is 0.450 e. The number of amides is 1. The number of nitro groups is 1. The Morgan fingerprint density at radius 2 is 1.92 bits per heavy atom. The Morgan fingerprint density at radius 1 is 1.21 bits per heavy atom. The molecule has 1 amide bonds. The van der Waals surface area contributed by atoms with Crippen LogP contribution >= 0.6 is 0 Å². The Bertz CT molecular complexity index is 729. The van der Waals surface area contributed by atoms with Gasteiger partial charge >= 0.3 is 6.09 Å². The lowest BCUT2D eigenvalue weighted by atomic mass is 10.1. The number of nitro benzene ring substituents is 1. The summed E-state index contributed by atoms with van der Waals surface area (Å²) in [6.45, 7) is 4.29. The summed E-state index contributed by atoms with van der Waals surface area (Å²) < 4.78 is 4.74. The van der Waals surface area contributed by atoms with Gasteiger partial charge in [0.25, 0.3) is 5.69 Å². The lowest BCUT2D eigenvalue weighted by molar-refractivity contribution is -0.384. The lowest BCUT2D eigenvalue weighted by Gasteiger charge is -2.09. The fourth-order valence-electron chi connectivity index (χ4n) is 2.10. The second kappa shape index (κ2) is 7.96. The normalized spacial score (nSPS) is 10.1. The highest BCUT2D eigenvalue weighted by molar-refractivity contribution is 5.87. The SMILES string of the molecule is CCOC(=O)Nc1ccc(CNc2ccc(C)cc2)cc1[N+](=O)[O-]. The van der Waals surface area contributed by atoms with Gasteiger partial charge in [-0.25, -0.2) is 4.79 Å². The average Bonchev–Trinajstić information content (AvgIpc) is 2.55. The molecule has 0 radical (unpaired) electrons. The van der Waals surface area contributed by atoms with E-state index in [1.807, 2.05) is 31.2 Å². The van der Waals surface area contributed by atoms with Crippen molar-refractivity contribution >= 4 is 23.2 Å². The van der Waals surface area contributed by atoms with E-state index in [4.69, 9.17) is 4.74 Å². The second-order valence-electron chi connectivity index (χ2n) is 5.17. The van der Waals surface area contributed by atoms with Crippen molar-refractivity contribution < 1.29 is 14.5 Å². The second-order valence-corrected chi connectivity index (χ2v) is 5.17. The molecule has 7 nitrogen and oxygen atoms in total. The maximum Gasteiger partial charge on any atom is 0.411 e. The van der Waals surface area contributed by atoms with Crippen LogP contribution in [-0.4, -0.2) is 17.6 Å². The number of aryl methyl sites for hydroxylation is 1. The topological polar surface area (TPSA) is 93.5 Å². The van der Waals surface area contributed by atoms with Crippen molar-refractivity contribution in [1.29, 1.82) is 0 Å². The summed E-state index contributed by atoms with van der Waals surface area (Å²) in [5.74, 6) is 0. The molecule has 2 N–H and O–H groups in total. The van der Waals surface area contributed by atoms with E-state index < -0.39 is 11.0 Å². The highest BCUT2D eigenvalue weighted by Crippen LogP contribution is 2.26. The van der Waals surface area contributed by atoms with Gasteiger partial charge in [-0.15, -0.1) is 0 Å². The van der Waals surface area contributed by atoms with Crippen LogP contribution in [0.25, 0.3) is 0 Å². The maximum absolute atomic E-state index is 11.4. The Balaban J connectivity index is 2.11. The number of nitrogens with zero attached hydrogens (tertiary/aromatic N) is 1. The monoisotopic (exact) mass is 329 g/mol. The van der Waals surface area contributed by atoms with Crippen molar-refractivity contribution in [3.8, 4) is 0 Å². The third kappa shape index (κ3) is 4.70. The predicted molar refractivity (Wildman–Crippen MR) is 92.2 cm³/mol. The number of rotatable bonds is 6. The predicted octanol–water partition coefficient (Wildman–Crippen LogP) is 4.08. The molecule has 0 aliphatic heterocycles. The molecule has 2 aromatic rings.